The van der Waals surface area contributed by atoms with Crippen LogP contribution in [-0.2, 0) is 17.8 Å². The molecule has 1 N–H and O–H groups in total. The van der Waals surface area contributed by atoms with Gasteiger partial charge in [-0.3, -0.25) is 4.79 Å². The summed E-state index contributed by atoms with van der Waals surface area (Å²) in [6.07, 6.45) is 0.982. The predicted octanol–water partition coefficient (Wildman–Crippen LogP) is 2.67. The van der Waals surface area contributed by atoms with Crippen LogP contribution in [0.15, 0.2) is 42.5 Å². The molecule has 3 rings (SSSR count). The lowest BCUT2D eigenvalue weighted by molar-refractivity contribution is -0.123. The molecule has 0 saturated heterocycles. The summed E-state index contributed by atoms with van der Waals surface area (Å²) in [6.45, 7) is 2.76. The van der Waals surface area contributed by atoms with E-state index in [2.05, 4.69) is 12.2 Å². The third-order valence-electron chi connectivity index (χ3n) is 3.63. The molecule has 1 heterocycles. The van der Waals surface area contributed by atoms with Crippen LogP contribution in [0.25, 0.3) is 0 Å². The molecule has 0 bridgehead atoms. The molecule has 0 atom stereocenters. The molecule has 5 nitrogen and oxygen atoms in total. The van der Waals surface area contributed by atoms with E-state index in [0.29, 0.717) is 18.0 Å². The highest BCUT2D eigenvalue weighted by Gasteiger charge is 2.13. The van der Waals surface area contributed by atoms with E-state index >= 15 is 0 Å². The molecule has 23 heavy (non-hydrogen) atoms. The van der Waals surface area contributed by atoms with Gasteiger partial charge in [-0.1, -0.05) is 25.1 Å². The maximum Gasteiger partial charge on any atom is 0.258 e. The minimum Gasteiger partial charge on any atom is -0.484 e. The van der Waals surface area contributed by atoms with Gasteiger partial charge >= 0.3 is 0 Å². The Morgan fingerprint density at radius 1 is 1.09 bits per heavy atom. The van der Waals surface area contributed by atoms with E-state index in [9.17, 15) is 4.79 Å². The van der Waals surface area contributed by atoms with Gasteiger partial charge in [-0.15, -0.1) is 0 Å². The monoisotopic (exact) mass is 313 g/mol. The lowest BCUT2D eigenvalue weighted by Crippen LogP contribution is -2.28. The molecule has 1 aliphatic heterocycles. The second kappa shape index (κ2) is 7.05. The summed E-state index contributed by atoms with van der Waals surface area (Å²) < 4.78 is 16.0. The molecule has 0 radical (unpaired) electrons. The summed E-state index contributed by atoms with van der Waals surface area (Å²) in [6, 6.07) is 13.4. The molecule has 2 aromatic rings. The van der Waals surface area contributed by atoms with Crippen LogP contribution in [0.4, 0.5) is 0 Å². The molecule has 0 saturated carbocycles. The molecule has 1 aliphatic rings. The molecule has 5 heteroatoms. The van der Waals surface area contributed by atoms with Gasteiger partial charge in [0.15, 0.2) is 18.1 Å². The van der Waals surface area contributed by atoms with E-state index in [-0.39, 0.29) is 19.3 Å². The Hall–Kier alpha value is -2.69. The van der Waals surface area contributed by atoms with Gasteiger partial charge < -0.3 is 19.5 Å². The molecule has 1 amide bonds. The summed E-state index contributed by atoms with van der Waals surface area (Å²) >= 11 is 0. The van der Waals surface area contributed by atoms with Crippen LogP contribution in [0.2, 0.25) is 0 Å². The Morgan fingerprint density at radius 2 is 1.83 bits per heavy atom. The van der Waals surface area contributed by atoms with Crippen molar-refractivity contribution in [3.05, 3.63) is 53.6 Å². The minimum absolute atomic E-state index is 0.00394. The normalized spacial score (nSPS) is 12.0. The zero-order chi connectivity index (χ0) is 16.1. The SMILES string of the molecule is CCc1ccc(OCC(=O)NCc2ccc3c(c2)OCO3)cc1. The maximum atomic E-state index is 11.9. The third kappa shape index (κ3) is 3.94. The van der Waals surface area contributed by atoms with Crippen LogP contribution in [0.5, 0.6) is 17.2 Å². The van der Waals surface area contributed by atoms with Crippen LogP contribution in [-0.4, -0.2) is 19.3 Å². The van der Waals surface area contributed by atoms with Gasteiger partial charge in [0.1, 0.15) is 5.75 Å². The minimum atomic E-state index is -0.165. The van der Waals surface area contributed by atoms with E-state index < -0.39 is 0 Å². The third-order valence-corrected chi connectivity index (χ3v) is 3.63. The molecule has 2 aromatic carbocycles. The first-order chi connectivity index (χ1) is 11.2. The average Bonchev–Trinajstić information content (AvgIpc) is 3.06. The van der Waals surface area contributed by atoms with E-state index in [0.717, 1.165) is 17.7 Å². The maximum absolute atomic E-state index is 11.9. The summed E-state index contributed by atoms with van der Waals surface area (Å²) in [7, 11) is 0. The highest BCUT2D eigenvalue weighted by Crippen LogP contribution is 2.32. The van der Waals surface area contributed by atoms with Crippen LogP contribution in [0.3, 0.4) is 0 Å². The van der Waals surface area contributed by atoms with Gasteiger partial charge in [-0.25, -0.2) is 0 Å². The molecule has 0 spiro atoms. The largest absolute Gasteiger partial charge is 0.484 e. The quantitative estimate of drug-likeness (QED) is 0.891. The Bertz CT molecular complexity index is 682. The highest BCUT2D eigenvalue weighted by atomic mass is 16.7. The van der Waals surface area contributed by atoms with Crippen molar-refractivity contribution in [1.29, 1.82) is 0 Å². The first-order valence-corrected chi connectivity index (χ1v) is 7.61. The zero-order valence-electron chi connectivity index (χ0n) is 13.0. The lowest BCUT2D eigenvalue weighted by Gasteiger charge is -2.08. The smallest absolute Gasteiger partial charge is 0.258 e. The van der Waals surface area contributed by atoms with E-state index in [4.69, 9.17) is 14.2 Å². The Labute approximate surface area is 135 Å². The topological polar surface area (TPSA) is 56.8 Å². The molecule has 0 unspecified atom stereocenters. The molecular formula is C18H19NO4. The van der Waals surface area contributed by atoms with E-state index in [1.54, 1.807) is 0 Å². The second-order valence-electron chi connectivity index (χ2n) is 5.25. The van der Waals surface area contributed by atoms with Crippen molar-refractivity contribution in [2.24, 2.45) is 0 Å². The van der Waals surface area contributed by atoms with Crippen LogP contribution in [0.1, 0.15) is 18.1 Å². The van der Waals surface area contributed by atoms with Crippen LogP contribution >= 0.6 is 0 Å². The van der Waals surface area contributed by atoms with Crippen molar-refractivity contribution in [2.75, 3.05) is 13.4 Å². The van der Waals surface area contributed by atoms with Crippen molar-refractivity contribution in [3.8, 4) is 17.2 Å². The average molecular weight is 313 g/mol. The number of nitrogens with one attached hydrogen (secondary N) is 1. The van der Waals surface area contributed by atoms with Gasteiger partial charge in [0.05, 0.1) is 0 Å². The zero-order valence-corrected chi connectivity index (χ0v) is 13.0. The van der Waals surface area contributed by atoms with Crippen molar-refractivity contribution < 1.29 is 19.0 Å². The Morgan fingerprint density at radius 3 is 2.61 bits per heavy atom. The number of aryl methyl sites for hydroxylation is 1. The highest BCUT2D eigenvalue weighted by molar-refractivity contribution is 5.77. The van der Waals surface area contributed by atoms with Crippen LogP contribution in [0, 0.1) is 0 Å². The van der Waals surface area contributed by atoms with Crippen molar-refractivity contribution >= 4 is 5.91 Å². The summed E-state index contributed by atoms with van der Waals surface area (Å²) in [4.78, 5) is 11.9. The fraction of sp³-hybridized carbons (Fsp3) is 0.278. The first-order valence-electron chi connectivity index (χ1n) is 7.61. The number of hydrogen-bond acceptors (Lipinski definition) is 4. The van der Waals surface area contributed by atoms with Crippen molar-refractivity contribution in [2.45, 2.75) is 19.9 Å². The molecule has 0 aliphatic carbocycles. The number of carbonyl (C=O) groups is 1. The number of amides is 1. The lowest BCUT2D eigenvalue weighted by atomic mass is 10.2. The summed E-state index contributed by atoms with van der Waals surface area (Å²) in [5.41, 5.74) is 2.19. The van der Waals surface area contributed by atoms with Crippen molar-refractivity contribution in [3.63, 3.8) is 0 Å². The summed E-state index contributed by atoms with van der Waals surface area (Å²) in [5.74, 6) is 1.98. The standard InChI is InChI=1S/C18H19NO4/c1-2-13-3-6-15(7-4-13)21-11-18(20)19-10-14-5-8-16-17(9-14)23-12-22-16/h3-9H,2,10-12H2,1H3,(H,19,20). The fourth-order valence-corrected chi connectivity index (χ4v) is 2.27. The molecule has 0 fully saturated rings. The summed E-state index contributed by atoms with van der Waals surface area (Å²) in [5, 5.41) is 2.82. The number of carbonyl (C=O) groups excluding carboxylic acids is 1. The fourth-order valence-electron chi connectivity index (χ4n) is 2.27. The Kier molecular flexibility index (Phi) is 4.66. The number of fused-ring (bicyclic) bond motifs is 1. The molecule has 0 aromatic heterocycles. The molecular weight excluding hydrogens is 294 g/mol. The second-order valence-corrected chi connectivity index (χ2v) is 5.25. The number of rotatable bonds is 6. The predicted molar refractivity (Wildman–Crippen MR) is 85.7 cm³/mol. The van der Waals surface area contributed by atoms with E-state index in [1.165, 1.54) is 5.56 Å². The van der Waals surface area contributed by atoms with Gasteiger partial charge in [0.25, 0.3) is 5.91 Å². The van der Waals surface area contributed by atoms with Crippen LogP contribution < -0.4 is 19.5 Å². The number of hydrogen-bond donors (Lipinski definition) is 1. The number of benzene rings is 2. The number of ether oxygens (including phenoxy) is 3. The first kappa shape index (κ1) is 15.2. The van der Waals surface area contributed by atoms with Gasteiger partial charge in [0, 0.05) is 6.54 Å². The van der Waals surface area contributed by atoms with Gasteiger partial charge in [-0.2, -0.15) is 0 Å². The van der Waals surface area contributed by atoms with Crippen molar-refractivity contribution in [1.82, 2.24) is 5.32 Å². The van der Waals surface area contributed by atoms with Gasteiger partial charge in [-0.05, 0) is 41.8 Å². The van der Waals surface area contributed by atoms with E-state index in [1.807, 2.05) is 42.5 Å². The molecule has 120 valence electrons. The Balaban J connectivity index is 1.45. The van der Waals surface area contributed by atoms with Gasteiger partial charge in [0.2, 0.25) is 6.79 Å².